The van der Waals surface area contributed by atoms with Crippen LogP contribution in [0.5, 0.6) is 5.88 Å². The van der Waals surface area contributed by atoms with E-state index in [4.69, 9.17) is 22.1 Å². The van der Waals surface area contributed by atoms with Crippen LogP contribution in [0.2, 0.25) is 5.28 Å². The van der Waals surface area contributed by atoms with E-state index < -0.39 is 5.92 Å². The summed E-state index contributed by atoms with van der Waals surface area (Å²) >= 11 is 5.87. The number of benzene rings is 2. The number of hydrogen-bond acceptors (Lipinski definition) is 8. The number of pyridine rings is 1. The van der Waals surface area contributed by atoms with Gasteiger partial charge in [-0.2, -0.15) is 10.1 Å². The molecule has 4 N–H and O–H groups in total. The van der Waals surface area contributed by atoms with Crippen molar-refractivity contribution in [2.45, 2.75) is 44.9 Å². The van der Waals surface area contributed by atoms with Crippen molar-refractivity contribution >= 4 is 29.0 Å². The lowest BCUT2D eigenvalue weighted by atomic mass is 9.77. The smallest absolute Gasteiger partial charge is 0.228 e. The van der Waals surface area contributed by atoms with Gasteiger partial charge in [-0.15, -0.1) is 0 Å². The molecule has 2 aromatic carbocycles. The molecule has 11 heteroatoms. The van der Waals surface area contributed by atoms with Crippen molar-refractivity contribution < 1.29 is 14.3 Å². The van der Waals surface area contributed by atoms with Gasteiger partial charge in [0.1, 0.15) is 5.78 Å². The number of H-pyrrole nitrogens is 1. The van der Waals surface area contributed by atoms with Gasteiger partial charge >= 0.3 is 0 Å². The van der Waals surface area contributed by atoms with E-state index in [1.165, 1.54) is 0 Å². The van der Waals surface area contributed by atoms with E-state index in [0.29, 0.717) is 42.9 Å². The summed E-state index contributed by atoms with van der Waals surface area (Å²) in [6, 6.07) is 19.2. The van der Waals surface area contributed by atoms with Crippen molar-refractivity contribution in [3.05, 3.63) is 77.7 Å². The normalized spacial score (nSPS) is 17.0. The number of nitrogens with one attached hydrogen (secondary N) is 2. The Balaban J connectivity index is 1.24. The molecule has 4 aromatic rings. The number of Topliss-reactive ketones (excluding diaryl/α,β-unsaturated/α-hetero) is 1. The first-order chi connectivity index (χ1) is 22.8. The number of rotatable bonds is 15. The SMILES string of the molecule is CN(C)CCCOc1ccc(-c2ccc(C[C@H](CC(=O)C3CCC(CN)CC3)C(=O)Nc3ccc(-c4n[nH]c(Cl)n4)cc3)cc2)cn1. The monoisotopic (exact) mass is 657 g/mol. The molecule has 1 saturated carbocycles. The molecule has 2 aromatic heterocycles. The van der Waals surface area contributed by atoms with Crippen LogP contribution in [0.4, 0.5) is 5.69 Å². The number of carbonyl (C=O) groups excluding carboxylic acids is 2. The molecule has 47 heavy (non-hydrogen) atoms. The molecule has 0 bridgehead atoms. The van der Waals surface area contributed by atoms with Crippen molar-refractivity contribution in [2.75, 3.05) is 39.1 Å². The predicted octanol–water partition coefficient (Wildman–Crippen LogP) is 6.04. The van der Waals surface area contributed by atoms with Crippen LogP contribution in [-0.2, 0) is 16.0 Å². The lowest BCUT2D eigenvalue weighted by Crippen LogP contribution is -2.31. The zero-order valence-electron chi connectivity index (χ0n) is 27.1. The van der Waals surface area contributed by atoms with E-state index in [-0.39, 0.29) is 29.3 Å². The van der Waals surface area contributed by atoms with Crippen molar-refractivity contribution in [2.24, 2.45) is 23.5 Å². The molecular formula is C36H44ClN7O3. The zero-order chi connectivity index (χ0) is 33.2. The van der Waals surface area contributed by atoms with Crippen LogP contribution in [-0.4, -0.2) is 70.5 Å². The summed E-state index contributed by atoms with van der Waals surface area (Å²) in [7, 11) is 4.09. The molecule has 10 nitrogen and oxygen atoms in total. The van der Waals surface area contributed by atoms with Gasteiger partial charge in [0.2, 0.25) is 17.1 Å². The maximum Gasteiger partial charge on any atom is 0.228 e. The second-order valence-corrected chi connectivity index (χ2v) is 13.0. The summed E-state index contributed by atoms with van der Waals surface area (Å²) in [4.78, 5) is 37.9. The van der Waals surface area contributed by atoms with Gasteiger partial charge in [-0.25, -0.2) is 10.1 Å². The minimum atomic E-state index is -0.516. The molecule has 0 spiro atoms. The third-order valence-electron chi connectivity index (χ3n) is 8.83. The molecule has 1 amide bonds. The van der Waals surface area contributed by atoms with Crippen LogP contribution in [0.1, 0.15) is 44.1 Å². The highest BCUT2D eigenvalue weighted by molar-refractivity contribution is 6.28. The third-order valence-corrected chi connectivity index (χ3v) is 9.00. The fourth-order valence-electron chi connectivity index (χ4n) is 6.02. The van der Waals surface area contributed by atoms with E-state index >= 15 is 0 Å². The van der Waals surface area contributed by atoms with Gasteiger partial charge in [-0.3, -0.25) is 9.59 Å². The van der Waals surface area contributed by atoms with Gasteiger partial charge in [0.15, 0.2) is 5.82 Å². The first-order valence-corrected chi connectivity index (χ1v) is 16.7. The molecule has 1 atom stereocenters. The molecule has 248 valence electrons. The lowest BCUT2D eigenvalue weighted by Gasteiger charge is -2.27. The molecule has 0 saturated heterocycles. The molecule has 1 aliphatic rings. The first kappa shape index (κ1) is 34.2. The molecule has 2 heterocycles. The predicted molar refractivity (Wildman–Crippen MR) is 185 cm³/mol. The minimum Gasteiger partial charge on any atom is -0.478 e. The van der Waals surface area contributed by atoms with Gasteiger partial charge in [-0.05, 0) is 118 Å². The molecule has 0 aliphatic heterocycles. The highest BCUT2D eigenvalue weighted by Crippen LogP contribution is 2.31. The second-order valence-electron chi connectivity index (χ2n) is 12.6. The number of halogens is 1. The summed E-state index contributed by atoms with van der Waals surface area (Å²) in [6.07, 6.45) is 6.99. The van der Waals surface area contributed by atoms with Crippen molar-refractivity contribution in [1.82, 2.24) is 25.1 Å². The van der Waals surface area contributed by atoms with E-state index in [2.05, 4.69) is 30.4 Å². The number of anilines is 1. The topological polar surface area (TPSA) is 139 Å². The summed E-state index contributed by atoms with van der Waals surface area (Å²) in [5.74, 6) is 1.00. The van der Waals surface area contributed by atoms with Crippen LogP contribution in [0.3, 0.4) is 0 Å². The van der Waals surface area contributed by atoms with Crippen LogP contribution < -0.4 is 15.8 Å². The van der Waals surface area contributed by atoms with Crippen LogP contribution in [0.25, 0.3) is 22.5 Å². The summed E-state index contributed by atoms with van der Waals surface area (Å²) < 4.78 is 5.77. The standard InChI is InChI=1S/C36H44ClN7O3/c1-44(2)18-3-19-47-33-17-14-29(23-39-33)26-8-4-24(5-9-26)20-30(21-32(45)27-10-6-25(22-38)7-11-27)35(46)40-31-15-12-28(13-16-31)34-41-36(37)43-42-34/h4-5,8-9,12-17,23,25,27,30H,3,6-7,10-11,18-22,38H2,1-2H3,(H,40,46)(H,41,42,43)/t25?,27?,30-/m1/s1. The minimum absolute atomic E-state index is 0.0182. The number of ketones is 1. The maximum absolute atomic E-state index is 13.7. The highest BCUT2D eigenvalue weighted by Gasteiger charge is 2.30. The van der Waals surface area contributed by atoms with E-state index in [1.807, 2.05) is 68.8 Å². The molecular weight excluding hydrogens is 614 g/mol. The van der Waals surface area contributed by atoms with Gasteiger partial charge in [0.25, 0.3) is 0 Å². The van der Waals surface area contributed by atoms with Crippen LogP contribution >= 0.6 is 11.6 Å². The quantitative estimate of drug-likeness (QED) is 0.132. The van der Waals surface area contributed by atoms with Crippen LogP contribution in [0, 0.1) is 17.8 Å². The highest BCUT2D eigenvalue weighted by atomic mass is 35.5. The number of ether oxygens (including phenoxy) is 1. The van der Waals surface area contributed by atoms with Crippen molar-refractivity contribution in [3.63, 3.8) is 0 Å². The Kier molecular flexibility index (Phi) is 12.1. The Morgan fingerprint density at radius 2 is 1.70 bits per heavy atom. The average molecular weight is 658 g/mol. The fourth-order valence-corrected chi connectivity index (χ4v) is 6.14. The Morgan fingerprint density at radius 3 is 2.32 bits per heavy atom. The van der Waals surface area contributed by atoms with E-state index in [9.17, 15) is 9.59 Å². The number of nitrogens with zero attached hydrogens (tertiary/aromatic N) is 4. The third kappa shape index (κ3) is 9.93. The van der Waals surface area contributed by atoms with Gasteiger partial charge in [0.05, 0.1) is 6.61 Å². The van der Waals surface area contributed by atoms with Crippen molar-refractivity contribution in [3.8, 4) is 28.4 Å². The maximum atomic E-state index is 13.7. The lowest BCUT2D eigenvalue weighted by molar-refractivity contribution is -0.129. The first-order valence-electron chi connectivity index (χ1n) is 16.3. The number of aromatic nitrogens is 4. The summed E-state index contributed by atoms with van der Waals surface area (Å²) in [5, 5.41) is 9.93. The summed E-state index contributed by atoms with van der Waals surface area (Å²) in [6.45, 7) is 2.24. The average Bonchev–Trinajstić information content (AvgIpc) is 3.53. The number of amides is 1. The van der Waals surface area contributed by atoms with Gasteiger partial charge in [0, 0.05) is 53.9 Å². The molecule has 1 aliphatic carbocycles. The Morgan fingerprint density at radius 1 is 1.00 bits per heavy atom. The molecule has 0 unspecified atom stereocenters. The summed E-state index contributed by atoms with van der Waals surface area (Å²) in [5.41, 5.74) is 10.2. The Hall–Kier alpha value is -4.12. The number of carbonyl (C=O) groups is 2. The zero-order valence-corrected chi connectivity index (χ0v) is 27.9. The second kappa shape index (κ2) is 16.6. The molecule has 5 rings (SSSR count). The van der Waals surface area contributed by atoms with E-state index in [0.717, 1.165) is 60.9 Å². The van der Waals surface area contributed by atoms with Crippen molar-refractivity contribution in [1.29, 1.82) is 0 Å². The molecule has 0 radical (unpaired) electrons. The fraction of sp³-hybridized carbons (Fsp3) is 0.417. The van der Waals surface area contributed by atoms with Gasteiger partial charge < -0.3 is 20.7 Å². The number of nitrogens with two attached hydrogens (primary N) is 1. The van der Waals surface area contributed by atoms with Crippen LogP contribution in [0.15, 0.2) is 66.9 Å². The van der Waals surface area contributed by atoms with E-state index in [1.54, 1.807) is 12.1 Å². The Bertz CT molecular complexity index is 1580. The number of hydrogen-bond donors (Lipinski definition) is 3. The Labute approximate surface area is 281 Å². The van der Waals surface area contributed by atoms with Gasteiger partial charge in [-0.1, -0.05) is 24.3 Å². The number of aromatic amines is 1. The molecule has 1 fully saturated rings. The largest absolute Gasteiger partial charge is 0.478 e.